The number of rotatable bonds is 12. The van der Waals surface area contributed by atoms with Crippen molar-refractivity contribution in [3.63, 3.8) is 0 Å². The Morgan fingerprint density at radius 3 is 2.63 bits per heavy atom. The summed E-state index contributed by atoms with van der Waals surface area (Å²) in [7, 11) is 0. The van der Waals surface area contributed by atoms with Gasteiger partial charge < -0.3 is 30.0 Å². The van der Waals surface area contributed by atoms with Crippen LogP contribution in [0.15, 0.2) is 66.2 Å². The van der Waals surface area contributed by atoms with E-state index in [0.29, 0.717) is 54.1 Å². The van der Waals surface area contributed by atoms with Crippen molar-refractivity contribution in [2.24, 2.45) is 0 Å². The lowest BCUT2D eigenvalue weighted by Crippen LogP contribution is -2.47. The van der Waals surface area contributed by atoms with Gasteiger partial charge in [-0.15, -0.1) is 11.3 Å². The van der Waals surface area contributed by atoms with Gasteiger partial charge in [0.2, 0.25) is 5.91 Å². The lowest BCUT2D eigenvalue weighted by molar-refractivity contribution is -0.117. The van der Waals surface area contributed by atoms with E-state index in [2.05, 4.69) is 15.6 Å². The number of aromatic carboxylic acids is 1. The highest BCUT2D eigenvalue weighted by Crippen LogP contribution is 2.41. The van der Waals surface area contributed by atoms with Gasteiger partial charge in [-0.2, -0.15) is 0 Å². The molecule has 1 amide bonds. The molecule has 1 aliphatic rings. The number of aromatic nitrogens is 1. The van der Waals surface area contributed by atoms with Crippen LogP contribution < -0.4 is 20.1 Å². The maximum atomic E-state index is 15.3. The fourth-order valence-corrected chi connectivity index (χ4v) is 5.62. The SMILES string of the molecule is CCOCCOc1cc2c(cc1Oc1ccc(-c3ccc(C(=O)O)cc3)c(F)c1)[C@@](C)(CC(=O)Nc1nccs1)NCC2. The van der Waals surface area contributed by atoms with Gasteiger partial charge in [0.25, 0.3) is 0 Å². The second-order valence-corrected chi connectivity index (χ2v) is 11.1. The first-order chi connectivity index (χ1) is 20.8. The number of nitrogens with zero attached hydrogens (tertiary/aromatic N) is 1. The van der Waals surface area contributed by atoms with Gasteiger partial charge in [-0.1, -0.05) is 12.1 Å². The Bertz CT molecular complexity index is 1600. The number of anilines is 1. The summed E-state index contributed by atoms with van der Waals surface area (Å²) in [6.45, 7) is 5.81. The fraction of sp³-hybridized carbons (Fsp3) is 0.281. The number of carbonyl (C=O) groups is 2. The first-order valence-electron chi connectivity index (χ1n) is 13.9. The van der Waals surface area contributed by atoms with E-state index >= 15 is 4.39 Å². The molecular weight excluding hydrogens is 573 g/mol. The van der Waals surface area contributed by atoms with Crippen LogP contribution in [0.2, 0.25) is 0 Å². The van der Waals surface area contributed by atoms with E-state index in [1.54, 1.807) is 35.8 Å². The zero-order chi connectivity index (χ0) is 30.4. The number of carboxylic acids is 1. The molecule has 1 aromatic heterocycles. The van der Waals surface area contributed by atoms with Gasteiger partial charge in [-0.05, 0) is 73.4 Å². The molecular formula is C32H32FN3O6S. The molecule has 0 bridgehead atoms. The van der Waals surface area contributed by atoms with Gasteiger partial charge in [0.05, 0.1) is 12.2 Å². The van der Waals surface area contributed by atoms with Gasteiger partial charge in [0, 0.05) is 48.3 Å². The summed E-state index contributed by atoms with van der Waals surface area (Å²) in [5.41, 5.74) is 2.18. The first kappa shape index (κ1) is 30.1. The van der Waals surface area contributed by atoms with Crippen LogP contribution in [0, 0.1) is 5.82 Å². The Morgan fingerprint density at radius 2 is 1.93 bits per heavy atom. The molecule has 0 unspecified atom stereocenters. The van der Waals surface area contributed by atoms with E-state index in [-0.39, 0.29) is 23.6 Å². The summed E-state index contributed by atoms with van der Waals surface area (Å²) in [6.07, 6.45) is 2.52. The number of fused-ring (bicyclic) bond motifs is 1. The highest BCUT2D eigenvalue weighted by molar-refractivity contribution is 7.13. The van der Waals surface area contributed by atoms with Gasteiger partial charge in [-0.3, -0.25) is 4.79 Å². The molecule has 3 aromatic carbocycles. The lowest BCUT2D eigenvalue weighted by Gasteiger charge is -2.37. The van der Waals surface area contributed by atoms with Crippen LogP contribution in [-0.2, 0) is 21.5 Å². The van der Waals surface area contributed by atoms with Crippen LogP contribution in [0.1, 0.15) is 41.8 Å². The van der Waals surface area contributed by atoms with Crippen LogP contribution in [0.4, 0.5) is 9.52 Å². The first-order valence-corrected chi connectivity index (χ1v) is 14.8. The minimum absolute atomic E-state index is 0.121. The van der Waals surface area contributed by atoms with E-state index in [0.717, 1.165) is 17.5 Å². The maximum absolute atomic E-state index is 15.3. The number of thiazole rings is 1. The van der Waals surface area contributed by atoms with Crippen molar-refractivity contribution in [2.75, 3.05) is 31.7 Å². The van der Waals surface area contributed by atoms with Crippen LogP contribution in [-0.4, -0.2) is 48.3 Å². The lowest BCUT2D eigenvalue weighted by atomic mass is 9.81. The summed E-state index contributed by atoms with van der Waals surface area (Å²) >= 11 is 1.35. The molecule has 0 aliphatic carbocycles. The number of hydrogen-bond donors (Lipinski definition) is 3. The quantitative estimate of drug-likeness (QED) is 0.162. The topological polar surface area (TPSA) is 119 Å². The molecule has 0 spiro atoms. The Labute approximate surface area is 252 Å². The monoisotopic (exact) mass is 605 g/mol. The summed E-state index contributed by atoms with van der Waals surface area (Å²) in [6, 6.07) is 14.3. The van der Waals surface area contributed by atoms with Crippen molar-refractivity contribution < 1.29 is 33.3 Å². The molecule has 2 heterocycles. The summed E-state index contributed by atoms with van der Waals surface area (Å²) < 4.78 is 33.0. The summed E-state index contributed by atoms with van der Waals surface area (Å²) in [5.74, 6) is -0.627. The third-order valence-electron chi connectivity index (χ3n) is 7.17. The molecule has 43 heavy (non-hydrogen) atoms. The fourth-order valence-electron chi connectivity index (χ4n) is 5.08. The van der Waals surface area contributed by atoms with Crippen LogP contribution in [0.25, 0.3) is 11.1 Å². The smallest absolute Gasteiger partial charge is 0.335 e. The molecule has 1 atom stereocenters. The molecule has 11 heteroatoms. The number of hydrogen-bond acceptors (Lipinski definition) is 8. The molecule has 4 aromatic rings. The molecule has 0 saturated carbocycles. The number of benzene rings is 3. The number of halogens is 1. The molecule has 1 aliphatic heterocycles. The van der Waals surface area contributed by atoms with Gasteiger partial charge in [0.1, 0.15) is 18.2 Å². The van der Waals surface area contributed by atoms with E-state index < -0.39 is 17.3 Å². The van der Waals surface area contributed by atoms with Crippen LogP contribution in [0.5, 0.6) is 17.2 Å². The average Bonchev–Trinajstić information content (AvgIpc) is 3.49. The minimum atomic E-state index is -1.05. The van der Waals surface area contributed by atoms with Crippen molar-refractivity contribution >= 4 is 28.3 Å². The van der Waals surface area contributed by atoms with E-state index in [4.69, 9.17) is 19.3 Å². The molecule has 9 nitrogen and oxygen atoms in total. The summed E-state index contributed by atoms with van der Waals surface area (Å²) in [5, 5.41) is 17.8. The van der Waals surface area contributed by atoms with Gasteiger partial charge in [0.15, 0.2) is 16.6 Å². The molecule has 0 radical (unpaired) electrons. The van der Waals surface area contributed by atoms with E-state index in [9.17, 15) is 9.59 Å². The van der Waals surface area contributed by atoms with Crippen molar-refractivity contribution in [3.05, 3.63) is 88.7 Å². The van der Waals surface area contributed by atoms with E-state index in [1.807, 2.05) is 26.0 Å². The number of nitrogens with one attached hydrogen (secondary N) is 2. The molecule has 3 N–H and O–H groups in total. The molecule has 224 valence electrons. The molecule has 0 saturated heterocycles. The predicted octanol–water partition coefficient (Wildman–Crippen LogP) is 6.24. The third-order valence-corrected chi connectivity index (χ3v) is 7.86. The predicted molar refractivity (Wildman–Crippen MR) is 162 cm³/mol. The minimum Gasteiger partial charge on any atom is -0.487 e. The zero-order valence-corrected chi connectivity index (χ0v) is 24.6. The number of amides is 1. The third kappa shape index (κ3) is 7.19. The Hall–Kier alpha value is -4.32. The second-order valence-electron chi connectivity index (χ2n) is 10.2. The highest BCUT2D eigenvalue weighted by Gasteiger charge is 2.35. The standard InChI is InChI=1S/C32H32FN3O6S/c1-3-40-13-14-41-27-16-22-10-11-35-32(2,19-29(37)36-31-34-12-15-43-31)25(22)18-28(27)42-23-8-9-24(26(33)17-23)20-4-6-21(7-5-20)30(38)39/h4-9,12,15-18,35H,3,10-11,13-14,19H2,1-2H3,(H,38,39)(H,34,36,37)/t32-/m1/s1. The Kier molecular flexibility index (Phi) is 9.34. The largest absolute Gasteiger partial charge is 0.487 e. The highest BCUT2D eigenvalue weighted by atomic mass is 32.1. The maximum Gasteiger partial charge on any atom is 0.335 e. The van der Waals surface area contributed by atoms with Gasteiger partial charge in [-0.25, -0.2) is 14.2 Å². The van der Waals surface area contributed by atoms with Crippen LogP contribution in [0.3, 0.4) is 0 Å². The average molecular weight is 606 g/mol. The van der Waals surface area contributed by atoms with Crippen molar-refractivity contribution in [1.82, 2.24) is 10.3 Å². The molecule has 0 fully saturated rings. The van der Waals surface area contributed by atoms with Gasteiger partial charge >= 0.3 is 5.97 Å². The van der Waals surface area contributed by atoms with Crippen molar-refractivity contribution in [1.29, 1.82) is 0 Å². The Balaban J connectivity index is 1.43. The zero-order valence-electron chi connectivity index (χ0n) is 23.8. The molecule has 5 rings (SSSR count). The van der Waals surface area contributed by atoms with Crippen LogP contribution >= 0.6 is 11.3 Å². The second kappa shape index (κ2) is 13.3. The van der Waals surface area contributed by atoms with E-state index in [1.165, 1.54) is 29.5 Å². The van der Waals surface area contributed by atoms with Crippen molar-refractivity contribution in [2.45, 2.75) is 32.2 Å². The summed E-state index contributed by atoms with van der Waals surface area (Å²) in [4.78, 5) is 28.3. The number of carboxylic acid groups (broad SMARTS) is 1. The van der Waals surface area contributed by atoms with Crippen molar-refractivity contribution in [3.8, 4) is 28.4 Å². The Morgan fingerprint density at radius 1 is 1.12 bits per heavy atom. The number of carbonyl (C=O) groups excluding carboxylic acids is 1. The normalized spacial score (nSPS) is 15.9. The number of ether oxygens (including phenoxy) is 3.